The van der Waals surface area contributed by atoms with E-state index in [9.17, 15) is 13.6 Å². The number of hydrogen-bond donors (Lipinski definition) is 1. The molecule has 0 spiro atoms. The largest absolute Gasteiger partial charge is 0.333 e. The second-order valence-corrected chi connectivity index (χ2v) is 5.90. The average molecular weight is 442 g/mol. The molecule has 3 rings (SSSR count). The van der Waals surface area contributed by atoms with E-state index in [0.29, 0.717) is 16.9 Å². The Morgan fingerprint density at radius 1 is 1.17 bits per heavy atom. The van der Waals surface area contributed by atoms with Crippen molar-refractivity contribution in [1.29, 1.82) is 0 Å². The van der Waals surface area contributed by atoms with Gasteiger partial charge in [-0.3, -0.25) is 4.79 Å². The number of rotatable bonds is 4. The molecule has 3 aromatic rings. The molecule has 0 saturated heterocycles. The summed E-state index contributed by atoms with van der Waals surface area (Å²) in [5.41, 5.74) is 0.853. The van der Waals surface area contributed by atoms with Crippen LogP contribution in [0.15, 0.2) is 47.1 Å². The van der Waals surface area contributed by atoms with Crippen LogP contribution in [0.4, 0.5) is 14.6 Å². The van der Waals surface area contributed by atoms with Crippen molar-refractivity contribution in [3.63, 3.8) is 0 Å². The first kappa shape index (κ1) is 16.4. The minimum atomic E-state index is -2.82. The highest BCUT2D eigenvalue weighted by Crippen LogP contribution is 2.22. The van der Waals surface area contributed by atoms with Crippen LogP contribution in [-0.4, -0.2) is 21.0 Å². The number of nitrogens with zero attached hydrogens (tertiary/aromatic N) is 3. The summed E-state index contributed by atoms with van der Waals surface area (Å²) in [5, 5.41) is 6.14. The van der Waals surface area contributed by atoms with Gasteiger partial charge in [0.05, 0.1) is 0 Å². The van der Waals surface area contributed by atoms with Crippen molar-refractivity contribution in [3.8, 4) is 11.4 Å². The van der Waals surface area contributed by atoms with Gasteiger partial charge in [0, 0.05) is 20.9 Å². The van der Waals surface area contributed by atoms with E-state index in [1.165, 1.54) is 12.1 Å². The van der Waals surface area contributed by atoms with Gasteiger partial charge in [0.1, 0.15) is 5.82 Å². The lowest BCUT2D eigenvalue weighted by Crippen LogP contribution is -2.12. The van der Waals surface area contributed by atoms with Gasteiger partial charge in [-0.05, 0) is 46.9 Å². The highest BCUT2D eigenvalue weighted by molar-refractivity contribution is 14.1. The number of carbonyl (C=O) groups is 1. The molecule has 2 aromatic heterocycles. The lowest BCUT2D eigenvalue weighted by molar-refractivity contribution is 0.102. The van der Waals surface area contributed by atoms with E-state index in [1.807, 2.05) is 6.07 Å². The smallest absolute Gasteiger partial charge is 0.315 e. The molecule has 1 N–H and O–H groups in total. The van der Waals surface area contributed by atoms with Crippen molar-refractivity contribution in [2.45, 2.75) is 6.43 Å². The molecule has 0 unspecified atom stereocenters. The predicted molar refractivity (Wildman–Crippen MR) is 89.6 cm³/mol. The Labute approximate surface area is 148 Å². The van der Waals surface area contributed by atoms with Crippen molar-refractivity contribution in [2.75, 3.05) is 5.32 Å². The fourth-order valence-corrected chi connectivity index (χ4v) is 2.17. The Balaban J connectivity index is 1.73. The van der Waals surface area contributed by atoms with E-state index in [0.717, 1.165) is 3.57 Å². The van der Waals surface area contributed by atoms with Crippen LogP contribution in [0.3, 0.4) is 0 Å². The third kappa shape index (κ3) is 3.72. The fourth-order valence-electron chi connectivity index (χ4n) is 1.85. The van der Waals surface area contributed by atoms with E-state index in [-0.39, 0.29) is 11.7 Å². The molecule has 6 nitrogen and oxygen atoms in total. The lowest BCUT2D eigenvalue weighted by atomic mass is 10.1. The number of aromatic nitrogens is 3. The van der Waals surface area contributed by atoms with Gasteiger partial charge in [-0.25, -0.2) is 4.98 Å². The molecular formula is C15H9F2IN4O2. The number of nitrogens with one attached hydrogen (secondary N) is 1. The molecule has 24 heavy (non-hydrogen) atoms. The molecule has 122 valence electrons. The Kier molecular flexibility index (Phi) is 4.79. The third-order valence-corrected chi connectivity index (χ3v) is 3.64. The number of anilines is 1. The Bertz CT molecular complexity index is 851. The molecular weight excluding hydrogens is 433 g/mol. The van der Waals surface area contributed by atoms with Crippen molar-refractivity contribution in [1.82, 2.24) is 15.1 Å². The number of alkyl halides is 2. The van der Waals surface area contributed by atoms with Gasteiger partial charge in [0.2, 0.25) is 5.82 Å². The SMILES string of the molecule is O=C(Nc1ccc(I)cn1)c1ccc(-c2noc(C(F)F)n2)cc1. The number of pyridine rings is 1. The average Bonchev–Trinajstić information content (AvgIpc) is 3.07. The molecule has 0 aliphatic carbocycles. The minimum Gasteiger partial charge on any atom is -0.333 e. The molecule has 0 radical (unpaired) electrons. The van der Waals surface area contributed by atoms with Gasteiger partial charge in [0.15, 0.2) is 0 Å². The molecule has 0 aliphatic heterocycles. The van der Waals surface area contributed by atoms with Gasteiger partial charge in [-0.1, -0.05) is 17.3 Å². The molecule has 1 aromatic carbocycles. The molecule has 0 fully saturated rings. The zero-order valence-corrected chi connectivity index (χ0v) is 14.1. The Hall–Kier alpha value is -2.43. The van der Waals surface area contributed by atoms with E-state index < -0.39 is 12.3 Å². The third-order valence-electron chi connectivity index (χ3n) is 3.00. The topological polar surface area (TPSA) is 80.9 Å². The monoisotopic (exact) mass is 442 g/mol. The second-order valence-electron chi connectivity index (χ2n) is 4.65. The van der Waals surface area contributed by atoms with Crippen LogP contribution in [0, 0.1) is 3.57 Å². The van der Waals surface area contributed by atoms with Gasteiger partial charge in [0.25, 0.3) is 11.8 Å². The van der Waals surface area contributed by atoms with E-state index in [4.69, 9.17) is 0 Å². The normalized spacial score (nSPS) is 10.8. The van der Waals surface area contributed by atoms with Crippen LogP contribution in [0.5, 0.6) is 0 Å². The zero-order valence-electron chi connectivity index (χ0n) is 11.9. The summed E-state index contributed by atoms with van der Waals surface area (Å²) in [4.78, 5) is 19.8. The quantitative estimate of drug-likeness (QED) is 0.620. The maximum absolute atomic E-state index is 12.4. The van der Waals surface area contributed by atoms with Crippen LogP contribution in [-0.2, 0) is 0 Å². The molecule has 9 heteroatoms. The van der Waals surface area contributed by atoms with E-state index in [1.54, 1.807) is 24.4 Å². The van der Waals surface area contributed by atoms with Crippen LogP contribution >= 0.6 is 22.6 Å². The molecule has 0 bridgehead atoms. The summed E-state index contributed by atoms with van der Waals surface area (Å²) in [5.74, 6) is -0.603. The fraction of sp³-hybridized carbons (Fsp3) is 0.0667. The molecule has 2 heterocycles. The number of amides is 1. The molecule has 0 saturated carbocycles. The van der Waals surface area contributed by atoms with Crippen molar-refractivity contribution >= 4 is 34.3 Å². The summed E-state index contributed by atoms with van der Waals surface area (Å²) in [6, 6.07) is 9.70. The molecule has 0 atom stereocenters. The van der Waals surface area contributed by atoms with Crippen LogP contribution in [0.2, 0.25) is 0 Å². The lowest BCUT2D eigenvalue weighted by Gasteiger charge is -2.04. The predicted octanol–water partition coefficient (Wildman–Crippen LogP) is 3.93. The minimum absolute atomic E-state index is 0.0385. The summed E-state index contributed by atoms with van der Waals surface area (Å²) in [6.07, 6.45) is -1.19. The van der Waals surface area contributed by atoms with Gasteiger partial charge < -0.3 is 9.84 Å². The van der Waals surface area contributed by atoms with Crippen LogP contribution in [0.25, 0.3) is 11.4 Å². The first-order chi connectivity index (χ1) is 11.5. The molecule has 1 amide bonds. The number of hydrogen-bond acceptors (Lipinski definition) is 5. The summed E-state index contributed by atoms with van der Waals surface area (Å²) in [6.45, 7) is 0. The van der Waals surface area contributed by atoms with Crippen LogP contribution in [0.1, 0.15) is 22.7 Å². The van der Waals surface area contributed by atoms with E-state index in [2.05, 4.69) is 47.6 Å². The summed E-state index contributed by atoms with van der Waals surface area (Å²) in [7, 11) is 0. The van der Waals surface area contributed by atoms with Crippen molar-refractivity contribution < 1.29 is 18.1 Å². The van der Waals surface area contributed by atoms with Crippen molar-refractivity contribution in [2.24, 2.45) is 0 Å². The summed E-state index contributed by atoms with van der Waals surface area (Å²) < 4.78 is 30.3. The van der Waals surface area contributed by atoms with E-state index >= 15 is 0 Å². The Morgan fingerprint density at radius 2 is 1.92 bits per heavy atom. The standard InChI is InChI=1S/C15H9F2IN4O2/c16-12(17)15-21-13(22-24-15)8-1-3-9(4-2-8)14(23)20-11-6-5-10(18)7-19-11/h1-7,12H,(H,19,20,23). The summed E-state index contributed by atoms with van der Waals surface area (Å²) >= 11 is 2.11. The van der Waals surface area contributed by atoms with Gasteiger partial charge >= 0.3 is 6.43 Å². The van der Waals surface area contributed by atoms with Crippen molar-refractivity contribution in [3.05, 3.63) is 57.6 Å². The number of halogens is 3. The first-order valence-electron chi connectivity index (χ1n) is 6.68. The highest BCUT2D eigenvalue weighted by Gasteiger charge is 2.17. The first-order valence-corrected chi connectivity index (χ1v) is 7.76. The highest BCUT2D eigenvalue weighted by atomic mass is 127. The Morgan fingerprint density at radius 3 is 2.50 bits per heavy atom. The maximum atomic E-state index is 12.4. The van der Waals surface area contributed by atoms with Gasteiger partial charge in [-0.15, -0.1) is 0 Å². The zero-order chi connectivity index (χ0) is 17.1. The number of benzene rings is 1. The maximum Gasteiger partial charge on any atom is 0.315 e. The van der Waals surface area contributed by atoms with Crippen LogP contribution < -0.4 is 5.32 Å². The number of carbonyl (C=O) groups excluding carboxylic acids is 1. The second kappa shape index (κ2) is 6.99. The van der Waals surface area contributed by atoms with Gasteiger partial charge in [-0.2, -0.15) is 13.8 Å². The molecule has 0 aliphatic rings.